The molecule has 4 aromatic heterocycles. The molecule has 0 bridgehead atoms. The second-order valence-electron chi connectivity index (χ2n) is 13.7. The van der Waals surface area contributed by atoms with Gasteiger partial charge in [0, 0.05) is 55.4 Å². The van der Waals surface area contributed by atoms with Crippen LogP contribution in [0.3, 0.4) is 0 Å². The summed E-state index contributed by atoms with van der Waals surface area (Å²) in [5.41, 5.74) is 10.8. The van der Waals surface area contributed by atoms with Crippen LogP contribution in [-0.2, 0) is 20.1 Å². The van der Waals surface area contributed by atoms with Crippen LogP contribution in [0.25, 0.3) is 55.7 Å². The average Bonchev–Trinajstić information content (AvgIpc) is 3.48. The van der Waals surface area contributed by atoms with Gasteiger partial charge in [0.2, 0.25) is 5.71 Å². The molecule has 50 heavy (non-hydrogen) atoms. The Morgan fingerprint density at radius 3 is 2.28 bits per heavy atom. The zero-order valence-electron chi connectivity index (χ0n) is 33.5. The quantitative estimate of drug-likeness (QED) is 0.128. The summed E-state index contributed by atoms with van der Waals surface area (Å²) in [4.78, 5) is 13.3. The Labute approximate surface area is 315 Å². The summed E-state index contributed by atoms with van der Waals surface area (Å²) in [5, 5.41) is 2.25. The van der Waals surface area contributed by atoms with Gasteiger partial charge in [0.05, 0.1) is 13.7 Å². The number of hydrogen-bond acceptors (Lipinski definition) is 4. The van der Waals surface area contributed by atoms with E-state index in [1.165, 1.54) is 39.6 Å². The van der Waals surface area contributed by atoms with E-state index in [2.05, 4.69) is 79.6 Å². The molecule has 0 spiro atoms. The fraction of sp³-hybridized carbons (Fsp3) is 0.233. The third-order valence-electron chi connectivity index (χ3n) is 8.60. The van der Waals surface area contributed by atoms with Crippen molar-refractivity contribution in [1.82, 2.24) is 15.0 Å². The Bertz CT molecular complexity index is 2450. The second kappa shape index (κ2) is 14.9. The van der Waals surface area contributed by atoms with E-state index in [9.17, 15) is 4.39 Å². The predicted octanol–water partition coefficient (Wildman–Crippen LogP) is 11.1. The van der Waals surface area contributed by atoms with Crippen molar-refractivity contribution in [1.29, 1.82) is 0 Å². The molecule has 0 amide bonds. The summed E-state index contributed by atoms with van der Waals surface area (Å²) < 4.78 is 51.3. The van der Waals surface area contributed by atoms with Crippen LogP contribution in [-0.4, -0.2) is 23.0 Å². The largest absolute Gasteiger partial charge is 0.486 e. The zero-order chi connectivity index (χ0) is 38.5. The maximum atomic E-state index is 14.6. The van der Waals surface area contributed by atoms with Gasteiger partial charge in [-0.2, -0.15) is 0 Å². The number of rotatable bonds is 5. The minimum atomic E-state index is -2.13. The topological polar surface area (TPSA) is 51.8 Å². The standard InChI is InChI=1S/C25H18FN2O.C18H24NSi.Ir/c1-14-11-15(2)22(16(3)12-14)17-8-10-27-21(13-17)18-6-7-20(26)23-19-5-4-9-28-25(19)29-24(18)23;1-13(2)16-11-17(15-9-7-14(3)8-10-15)19-12-18(16)20(4,5)6;/h4-5,7-13H,1-3H3;7-9,11-13H,1-6H3;/q2*-1;/i;3D3,13D;. The molecule has 0 aliphatic heterocycles. The molecule has 3 aromatic carbocycles. The van der Waals surface area contributed by atoms with Crippen LogP contribution >= 0.6 is 0 Å². The molecule has 1 radical (unpaired) electrons. The van der Waals surface area contributed by atoms with Crippen LogP contribution in [0.15, 0.2) is 89.7 Å². The second-order valence-corrected chi connectivity index (χ2v) is 18.8. The number of nitrogens with zero attached hydrogens (tertiary/aromatic N) is 3. The Hall–Kier alpha value is -4.29. The zero-order valence-corrected chi connectivity index (χ0v) is 32.9. The maximum Gasteiger partial charge on any atom is 0.216 e. The Balaban J connectivity index is 0.000000208. The fourth-order valence-corrected chi connectivity index (χ4v) is 7.95. The molecular formula is C43H42FIrN3OSi-2. The number of aryl methyl sites for hydroxylation is 4. The number of fused-ring (bicyclic) bond motifs is 3. The average molecular weight is 860 g/mol. The van der Waals surface area contributed by atoms with Crippen molar-refractivity contribution in [2.45, 2.75) is 67.0 Å². The molecule has 0 aliphatic carbocycles. The molecule has 4 heterocycles. The van der Waals surface area contributed by atoms with Crippen molar-refractivity contribution in [2.24, 2.45) is 0 Å². The molecule has 7 aromatic rings. The normalized spacial score (nSPS) is 13.1. The van der Waals surface area contributed by atoms with Crippen LogP contribution in [0, 0.1) is 45.6 Å². The van der Waals surface area contributed by atoms with Crippen LogP contribution in [0.2, 0.25) is 19.6 Å². The molecule has 257 valence electrons. The van der Waals surface area contributed by atoms with Gasteiger partial charge >= 0.3 is 0 Å². The summed E-state index contributed by atoms with van der Waals surface area (Å²) in [6.45, 7) is 14.7. The predicted molar refractivity (Wildman–Crippen MR) is 204 cm³/mol. The summed E-state index contributed by atoms with van der Waals surface area (Å²) in [6, 6.07) is 26.1. The van der Waals surface area contributed by atoms with Gasteiger partial charge in [0.25, 0.3) is 0 Å². The molecule has 0 unspecified atom stereocenters. The van der Waals surface area contributed by atoms with E-state index in [0.717, 1.165) is 22.4 Å². The number of pyridine rings is 3. The van der Waals surface area contributed by atoms with E-state index >= 15 is 0 Å². The first kappa shape index (κ1) is 31.7. The molecule has 4 nitrogen and oxygen atoms in total. The van der Waals surface area contributed by atoms with Crippen molar-refractivity contribution in [3.8, 4) is 33.6 Å². The molecule has 0 saturated carbocycles. The smallest absolute Gasteiger partial charge is 0.216 e. The molecule has 7 heteroatoms. The first-order chi connectivity index (χ1) is 24.8. The molecule has 0 N–H and O–H groups in total. The maximum absolute atomic E-state index is 14.6. The molecule has 0 saturated heterocycles. The number of aromatic nitrogens is 3. The molecule has 0 aliphatic rings. The third kappa shape index (κ3) is 7.56. The molecular weight excluding hydrogens is 814 g/mol. The third-order valence-corrected chi connectivity index (χ3v) is 10.6. The van der Waals surface area contributed by atoms with Crippen LogP contribution in [0.4, 0.5) is 4.39 Å². The van der Waals surface area contributed by atoms with Gasteiger partial charge in [0.1, 0.15) is 0 Å². The minimum Gasteiger partial charge on any atom is -0.486 e. The van der Waals surface area contributed by atoms with Gasteiger partial charge in [-0.25, -0.2) is 4.98 Å². The number of halogens is 1. The van der Waals surface area contributed by atoms with Crippen molar-refractivity contribution in [2.75, 3.05) is 0 Å². The molecule has 0 atom stereocenters. The van der Waals surface area contributed by atoms with Gasteiger partial charge in [-0.05, 0) is 89.1 Å². The van der Waals surface area contributed by atoms with Gasteiger partial charge in [0.15, 0.2) is 0 Å². The summed E-state index contributed by atoms with van der Waals surface area (Å²) in [7, 11) is -1.61. The van der Waals surface area contributed by atoms with E-state index in [0.29, 0.717) is 33.3 Å². The van der Waals surface area contributed by atoms with Gasteiger partial charge in [-0.3, -0.25) is 4.39 Å². The van der Waals surface area contributed by atoms with Crippen molar-refractivity contribution >= 4 is 35.3 Å². The van der Waals surface area contributed by atoms with Crippen LogP contribution < -0.4 is 5.19 Å². The fourth-order valence-electron chi connectivity index (χ4n) is 6.37. The van der Waals surface area contributed by atoms with Gasteiger partial charge < -0.3 is 14.4 Å². The Morgan fingerprint density at radius 2 is 1.62 bits per heavy atom. The first-order valence-corrected chi connectivity index (χ1v) is 19.8. The van der Waals surface area contributed by atoms with E-state index in [-0.39, 0.29) is 31.5 Å². The SMILES string of the molecule is Cc1cc(C)c(-c2ccnc(-c3[c-]cc(F)c4c3oc3ncccc34)c2)c(C)c1.[2H]C([2H])([2H])c1c[c-]c(-c2cc(C([2H])(C)C)c([Si](C)(C)C)cn2)cc1.[Ir]. The summed E-state index contributed by atoms with van der Waals surface area (Å²) in [5.74, 6) is -1.09. The number of hydrogen-bond donors (Lipinski definition) is 0. The van der Waals surface area contributed by atoms with Crippen LogP contribution in [0.1, 0.15) is 53.0 Å². The molecule has 7 rings (SSSR count). The monoisotopic (exact) mass is 860 g/mol. The van der Waals surface area contributed by atoms with Crippen molar-refractivity contribution in [3.05, 3.63) is 131 Å². The number of benzene rings is 3. The van der Waals surface area contributed by atoms with E-state index in [1.807, 2.05) is 44.3 Å². The first-order valence-electron chi connectivity index (χ1n) is 18.3. The summed E-state index contributed by atoms with van der Waals surface area (Å²) >= 11 is 0. The van der Waals surface area contributed by atoms with Crippen LogP contribution in [0.5, 0.6) is 0 Å². The molecule has 0 fully saturated rings. The van der Waals surface area contributed by atoms with Gasteiger partial charge in [-0.15, -0.1) is 47.5 Å². The number of furan rings is 1. The Morgan fingerprint density at radius 1 is 0.860 bits per heavy atom. The van der Waals surface area contributed by atoms with E-state index in [1.54, 1.807) is 30.6 Å². The van der Waals surface area contributed by atoms with Crippen molar-refractivity contribution < 1.29 is 34.4 Å². The summed E-state index contributed by atoms with van der Waals surface area (Å²) in [6.07, 6.45) is 5.29. The van der Waals surface area contributed by atoms with E-state index < -0.39 is 20.8 Å². The van der Waals surface area contributed by atoms with Gasteiger partial charge in [-0.1, -0.05) is 81.3 Å². The van der Waals surface area contributed by atoms with Crippen molar-refractivity contribution in [3.63, 3.8) is 0 Å². The Kier molecular flexibility index (Phi) is 9.44. The van der Waals surface area contributed by atoms with E-state index in [4.69, 9.17) is 9.90 Å². The minimum absolute atomic E-state index is 0.